The summed E-state index contributed by atoms with van der Waals surface area (Å²) in [6, 6.07) is 7.29. The van der Waals surface area contributed by atoms with Gasteiger partial charge in [-0.3, -0.25) is 0 Å². The topological polar surface area (TPSA) is 30.7 Å². The highest BCUT2D eigenvalue weighted by Gasteiger charge is 2.43. The van der Waals surface area contributed by atoms with Gasteiger partial charge in [0.2, 0.25) is 0 Å². The summed E-state index contributed by atoms with van der Waals surface area (Å²) in [5.41, 5.74) is 2.93. The van der Waals surface area contributed by atoms with Crippen molar-refractivity contribution in [2.45, 2.75) is 57.7 Å². The third-order valence-electron chi connectivity index (χ3n) is 4.98. The Morgan fingerprint density at radius 2 is 1.65 bits per heavy atom. The normalized spacial score (nSPS) is 32.1. The van der Waals surface area contributed by atoms with Crippen molar-refractivity contribution in [2.24, 2.45) is 0 Å². The standard InChI is InChI=1S/C17H23NO2/c1-11-6-12(2)8-13(7-11)17(19)20-16-9-14-4-5-15(10-16)18(14)3/h6-8,14-16H,4-5,9-10H2,1-3H3/p+1/t14-,15+,16?. The van der Waals surface area contributed by atoms with Gasteiger partial charge in [-0.15, -0.1) is 0 Å². The van der Waals surface area contributed by atoms with Crippen molar-refractivity contribution < 1.29 is 14.4 Å². The highest BCUT2D eigenvalue weighted by atomic mass is 16.5. The summed E-state index contributed by atoms with van der Waals surface area (Å²) >= 11 is 0. The van der Waals surface area contributed by atoms with Crippen molar-refractivity contribution in [1.29, 1.82) is 0 Å². The first-order valence-corrected chi connectivity index (χ1v) is 7.65. The van der Waals surface area contributed by atoms with Crippen molar-refractivity contribution >= 4 is 5.97 Å². The average molecular weight is 274 g/mol. The van der Waals surface area contributed by atoms with Gasteiger partial charge in [-0.2, -0.15) is 0 Å². The first kappa shape index (κ1) is 13.6. The first-order chi connectivity index (χ1) is 9.52. The molecule has 0 saturated carbocycles. The lowest BCUT2D eigenvalue weighted by Gasteiger charge is -2.33. The number of hydrogen-bond acceptors (Lipinski definition) is 2. The van der Waals surface area contributed by atoms with Gasteiger partial charge in [0.15, 0.2) is 0 Å². The Hall–Kier alpha value is -1.35. The van der Waals surface area contributed by atoms with E-state index in [2.05, 4.69) is 13.1 Å². The van der Waals surface area contributed by atoms with Crippen LogP contribution in [0.5, 0.6) is 0 Å². The fourth-order valence-electron chi connectivity index (χ4n) is 3.94. The van der Waals surface area contributed by atoms with Gasteiger partial charge in [0, 0.05) is 25.7 Å². The van der Waals surface area contributed by atoms with Crippen LogP contribution in [0.1, 0.15) is 47.2 Å². The molecule has 0 radical (unpaired) electrons. The molecule has 2 aliphatic heterocycles. The predicted octanol–water partition coefficient (Wildman–Crippen LogP) is 1.67. The number of quaternary nitrogens is 1. The van der Waals surface area contributed by atoms with E-state index in [4.69, 9.17) is 4.74 Å². The van der Waals surface area contributed by atoms with Crippen molar-refractivity contribution in [3.05, 3.63) is 34.9 Å². The molecule has 2 aliphatic rings. The van der Waals surface area contributed by atoms with Gasteiger partial charge in [0.25, 0.3) is 0 Å². The first-order valence-electron chi connectivity index (χ1n) is 7.65. The molecule has 20 heavy (non-hydrogen) atoms. The quantitative estimate of drug-likeness (QED) is 0.832. The van der Waals surface area contributed by atoms with E-state index in [9.17, 15) is 4.79 Å². The number of nitrogens with one attached hydrogen (secondary N) is 1. The van der Waals surface area contributed by atoms with Crippen LogP contribution in [-0.2, 0) is 4.74 Å². The zero-order valence-corrected chi connectivity index (χ0v) is 12.6. The number of hydrogen-bond donors (Lipinski definition) is 1. The SMILES string of the molecule is Cc1cc(C)cc(C(=O)OC2C[C@H]3CC[C@@H](C2)[NH+]3C)c1. The van der Waals surface area contributed by atoms with Crippen LogP contribution in [0.15, 0.2) is 18.2 Å². The minimum Gasteiger partial charge on any atom is -0.458 e. The zero-order chi connectivity index (χ0) is 14.3. The molecule has 2 heterocycles. The molecule has 1 aromatic carbocycles. The lowest BCUT2D eigenvalue weighted by Crippen LogP contribution is -3.15. The summed E-state index contributed by atoms with van der Waals surface area (Å²) in [5, 5.41) is 0. The summed E-state index contributed by atoms with van der Waals surface area (Å²) in [5.74, 6) is -0.152. The van der Waals surface area contributed by atoms with Crippen molar-refractivity contribution in [3.8, 4) is 0 Å². The Morgan fingerprint density at radius 3 is 2.20 bits per heavy atom. The molecule has 1 N–H and O–H groups in total. The van der Waals surface area contributed by atoms with Crippen molar-refractivity contribution in [1.82, 2.24) is 0 Å². The molecule has 2 saturated heterocycles. The highest BCUT2D eigenvalue weighted by molar-refractivity contribution is 5.90. The van der Waals surface area contributed by atoms with Gasteiger partial charge in [0.05, 0.1) is 24.7 Å². The third-order valence-corrected chi connectivity index (χ3v) is 4.98. The Morgan fingerprint density at radius 1 is 1.10 bits per heavy atom. The number of esters is 1. The molecule has 3 rings (SSSR count). The molecule has 108 valence electrons. The average Bonchev–Trinajstić information content (AvgIpc) is 2.61. The van der Waals surface area contributed by atoms with E-state index in [0.29, 0.717) is 17.6 Å². The fraction of sp³-hybridized carbons (Fsp3) is 0.588. The Labute approximate surface area is 120 Å². The second-order valence-corrected chi connectivity index (χ2v) is 6.59. The highest BCUT2D eigenvalue weighted by Crippen LogP contribution is 2.25. The van der Waals surface area contributed by atoms with E-state index in [0.717, 1.165) is 24.0 Å². The van der Waals surface area contributed by atoms with Crippen LogP contribution in [0.4, 0.5) is 0 Å². The number of piperidine rings is 1. The van der Waals surface area contributed by atoms with Crippen molar-refractivity contribution in [3.63, 3.8) is 0 Å². The number of carbonyl (C=O) groups excluding carboxylic acids is 1. The number of benzene rings is 1. The molecule has 2 fully saturated rings. The maximum absolute atomic E-state index is 12.3. The zero-order valence-electron chi connectivity index (χ0n) is 12.6. The van der Waals surface area contributed by atoms with E-state index in [-0.39, 0.29) is 12.1 Å². The molecule has 4 atom stereocenters. The maximum Gasteiger partial charge on any atom is 0.338 e. The van der Waals surface area contributed by atoms with Crippen molar-refractivity contribution in [2.75, 3.05) is 7.05 Å². The monoisotopic (exact) mass is 274 g/mol. The minimum absolute atomic E-state index is 0.115. The Bertz CT molecular complexity index is 491. The lowest BCUT2D eigenvalue weighted by atomic mass is 10.0. The van der Waals surface area contributed by atoms with E-state index in [1.807, 2.05) is 26.0 Å². The predicted molar refractivity (Wildman–Crippen MR) is 78.1 cm³/mol. The van der Waals surface area contributed by atoms with Crippen LogP contribution in [0.2, 0.25) is 0 Å². The molecule has 0 amide bonds. The molecule has 3 nitrogen and oxygen atoms in total. The van der Waals surface area contributed by atoms with Gasteiger partial charge < -0.3 is 9.64 Å². The molecule has 2 bridgehead atoms. The molecule has 3 heteroatoms. The van der Waals surface area contributed by atoms with Crippen LogP contribution in [0.25, 0.3) is 0 Å². The van der Waals surface area contributed by atoms with E-state index < -0.39 is 0 Å². The van der Waals surface area contributed by atoms with Crippen LogP contribution in [0.3, 0.4) is 0 Å². The molecular formula is C17H24NO2+. The third kappa shape index (κ3) is 2.59. The molecule has 2 unspecified atom stereocenters. The van der Waals surface area contributed by atoms with Crippen LogP contribution in [0, 0.1) is 13.8 Å². The lowest BCUT2D eigenvalue weighted by molar-refractivity contribution is -0.923. The van der Waals surface area contributed by atoms with Gasteiger partial charge >= 0.3 is 5.97 Å². The maximum atomic E-state index is 12.3. The second kappa shape index (κ2) is 5.21. The van der Waals surface area contributed by atoms with Gasteiger partial charge in [-0.1, -0.05) is 17.2 Å². The molecule has 0 aromatic heterocycles. The van der Waals surface area contributed by atoms with Crippen LogP contribution >= 0.6 is 0 Å². The second-order valence-electron chi connectivity index (χ2n) is 6.59. The van der Waals surface area contributed by atoms with Gasteiger partial charge in [0.1, 0.15) is 6.10 Å². The number of ether oxygens (including phenoxy) is 1. The van der Waals surface area contributed by atoms with E-state index >= 15 is 0 Å². The fourth-order valence-corrected chi connectivity index (χ4v) is 3.94. The summed E-state index contributed by atoms with van der Waals surface area (Å²) in [7, 11) is 2.28. The largest absolute Gasteiger partial charge is 0.458 e. The molecule has 0 spiro atoms. The van der Waals surface area contributed by atoms with Crippen LogP contribution < -0.4 is 4.90 Å². The number of fused-ring (bicyclic) bond motifs is 2. The molecule has 0 aliphatic carbocycles. The molecular weight excluding hydrogens is 250 g/mol. The van der Waals surface area contributed by atoms with E-state index in [1.165, 1.54) is 12.8 Å². The van der Waals surface area contributed by atoms with E-state index in [1.54, 1.807) is 4.90 Å². The summed E-state index contributed by atoms with van der Waals surface area (Å²) in [6.45, 7) is 4.03. The molecule has 1 aromatic rings. The van der Waals surface area contributed by atoms with Gasteiger partial charge in [-0.25, -0.2) is 4.79 Å². The van der Waals surface area contributed by atoms with Crippen LogP contribution in [-0.4, -0.2) is 31.2 Å². The number of rotatable bonds is 2. The minimum atomic E-state index is -0.152. The van der Waals surface area contributed by atoms with Gasteiger partial charge in [-0.05, 0) is 26.0 Å². The summed E-state index contributed by atoms with van der Waals surface area (Å²) < 4.78 is 5.76. The number of aryl methyl sites for hydroxylation is 2. The summed E-state index contributed by atoms with van der Waals surface area (Å²) in [4.78, 5) is 13.9. The number of carbonyl (C=O) groups is 1. The Balaban J connectivity index is 1.67. The summed E-state index contributed by atoms with van der Waals surface area (Å²) in [6.07, 6.45) is 4.74. The Kier molecular flexibility index (Phi) is 3.55. The smallest absolute Gasteiger partial charge is 0.338 e.